The molecule has 3 fully saturated rings. The van der Waals surface area contributed by atoms with Gasteiger partial charge in [0.25, 0.3) is 0 Å². The van der Waals surface area contributed by atoms with Crippen molar-refractivity contribution in [2.45, 2.75) is 55.1 Å². The van der Waals surface area contributed by atoms with Crippen LogP contribution < -0.4 is 15.4 Å². The Morgan fingerprint density at radius 2 is 1.88 bits per heavy atom. The molecule has 3 N–H and O–H groups in total. The van der Waals surface area contributed by atoms with E-state index in [2.05, 4.69) is 17.6 Å². The van der Waals surface area contributed by atoms with Gasteiger partial charge in [-0.25, -0.2) is 0 Å². The summed E-state index contributed by atoms with van der Waals surface area (Å²) in [6.07, 6.45) is 4.06. The van der Waals surface area contributed by atoms with Crippen molar-refractivity contribution in [3.63, 3.8) is 0 Å². The molecule has 0 radical (unpaired) electrons. The molecule has 0 saturated carbocycles. The minimum absolute atomic E-state index is 0.0480. The van der Waals surface area contributed by atoms with Crippen molar-refractivity contribution < 1.29 is 24.2 Å². The summed E-state index contributed by atoms with van der Waals surface area (Å²) in [5.74, 6) is -0.443. The fourth-order valence-electron chi connectivity index (χ4n) is 6.16. The van der Waals surface area contributed by atoms with Crippen molar-refractivity contribution in [3.05, 3.63) is 24.3 Å². The zero-order chi connectivity index (χ0) is 24.5. The molecule has 34 heavy (non-hydrogen) atoms. The Morgan fingerprint density at radius 3 is 2.53 bits per heavy atom. The van der Waals surface area contributed by atoms with Crippen LogP contribution in [0.15, 0.2) is 24.3 Å². The molecular weight excluding hydrogens is 454 g/mol. The van der Waals surface area contributed by atoms with E-state index < -0.39 is 22.6 Å². The van der Waals surface area contributed by atoms with E-state index in [-0.39, 0.29) is 35.5 Å². The van der Waals surface area contributed by atoms with E-state index in [4.69, 9.17) is 9.84 Å². The smallest absolute Gasteiger partial charge is 0.248 e. The van der Waals surface area contributed by atoms with E-state index >= 15 is 0 Å². The highest BCUT2D eigenvalue weighted by Gasteiger charge is 2.75. The number of fused-ring (bicyclic) bond motifs is 1. The molecule has 0 aliphatic carbocycles. The van der Waals surface area contributed by atoms with Crippen LogP contribution in [0.2, 0.25) is 0 Å². The third-order valence-corrected chi connectivity index (χ3v) is 9.78. The van der Waals surface area contributed by atoms with E-state index in [0.29, 0.717) is 18.0 Å². The van der Waals surface area contributed by atoms with Crippen molar-refractivity contribution in [2.75, 3.05) is 32.6 Å². The van der Waals surface area contributed by atoms with Gasteiger partial charge in [-0.1, -0.05) is 19.8 Å². The number of hydrogen-bond acceptors (Lipinski definition) is 6. The molecule has 3 unspecified atom stereocenters. The Labute approximate surface area is 205 Å². The van der Waals surface area contributed by atoms with E-state index in [1.165, 1.54) is 0 Å². The predicted octanol–water partition coefficient (Wildman–Crippen LogP) is 2.27. The zero-order valence-corrected chi connectivity index (χ0v) is 20.9. The average Bonchev–Trinajstić information content (AvgIpc) is 3.42. The first kappa shape index (κ1) is 24.9. The second-order valence-electron chi connectivity index (χ2n) is 9.55. The molecule has 1 spiro atoms. The van der Waals surface area contributed by atoms with E-state index in [0.717, 1.165) is 32.1 Å². The summed E-state index contributed by atoms with van der Waals surface area (Å²) in [6, 6.07) is 6.52. The van der Waals surface area contributed by atoms with Crippen LogP contribution in [-0.2, 0) is 14.4 Å². The fourth-order valence-corrected chi connectivity index (χ4v) is 8.58. The molecule has 3 aliphatic rings. The summed E-state index contributed by atoms with van der Waals surface area (Å²) in [6.45, 7) is 2.75. The van der Waals surface area contributed by atoms with Gasteiger partial charge in [0.05, 0.1) is 23.7 Å². The Bertz CT molecular complexity index is 926. The number of thioether (sulfide) groups is 1. The monoisotopic (exact) mass is 489 g/mol. The third kappa shape index (κ3) is 4.06. The number of methoxy groups -OCH3 is 1. The third-order valence-electron chi connectivity index (χ3n) is 7.71. The normalized spacial score (nSPS) is 31.5. The number of aliphatic hydroxyl groups is 1. The summed E-state index contributed by atoms with van der Waals surface area (Å²) in [7, 11) is 3.20. The average molecular weight is 490 g/mol. The molecular formula is C25H35N3O5S. The molecule has 9 heteroatoms. The van der Waals surface area contributed by atoms with Crippen LogP contribution in [0, 0.1) is 17.8 Å². The van der Waals surface area contributed by atoms with Gasteiger partial charge >= 0.3 is 0 Å². The predicted molar refractivity (Wildman–Crippen MR) is 132 cm³/mol. The maximum atomic E-state index is 13.8. The summed E-state index contributed by atoms with van der Waals surface area (Å²) in [5, 5.41) is 14.9. The van der Waals surface area contributed by atoms with Crippen LogP contribution >= 0.6 is 11.8 Å². The van der Waals surface area contributed by atoms with Crippen LogP contribution in [-0.4, -0.2) is 71.1 Å². The number of aliphatic hydroxyl groups excluding tert-OH is 1. The molecule has 3 aliphatic heterocycles. The number of carbonyl (C=O) groups excluding carboxylic acids is 3. The van der Waals surface area contributed by atoms with Crippen LogP contribution in [0.25, 0.3) is 0 Å². The molecule has 186 valence electrons. The van der Waals surface area contributed by atoms with Gasteiger partial charge in [0.1, 0.15) is 11.8 Å². The Morgan fingerprint density at radius 1 is 1.18 bits per heavy atom. The number of ether oxygens (including phenoxy) is 1. The van der Waals surface area contributed by atoms with Crippen LogP contribution in [0.3, 0.4) is 0 Å². The molecule has 3 amide bonds. The number of nitrogens with zero attached hydrogens (tertiary/aromatic N) is 1. The molecule has 3 saturated heterocycles. The lowest BCUT2D eigenvalue weighted by Crippen LogP contribution is -2.55. The van der Waals surface area contributed by atoms with Gasteiger partial charge in [0.15, 0.2) is 0 Å². The first-order chi connectivity index (χ1) is 16.4. The Balaban J connectivity index is 1.63. The molecule has 3 heterocycles. The number of rotatable bonds is 10. The Hall–Kier alpha value is -2.26. The second-order valence-corrected chi connectivity index (χ2v) is 11.1. The highest BCUT2D eigenvalue weighted by molar-refractivity contribution is 8.02. The topological polar surface area (TPSA) is 108 Å². The highest BCUT2D eigenvalue weighted by Crippen LogP contribution is 2.68. The summed E-state index contributed by atoms with van der Waals surface area (Å²) in [5.41, 5.74) is 0.647. The number of hydrogen-bond donors (Lipinski definition) is 3. The second kappa shape index (κ2) is 10.2. The molecule has 4 rings (SSSR count). The molecule has 8 nitrogen and oxygen atoms in total. The standard InChI is InChI=1S/C25H35N3O5S/c1-15-14-18-19(22(30)26-2)20-24(32)28(12-6-4-5-7-13-29)21(25(15,20)34-18)23(31)27-16-8-10-17(33-3)11-9-16/h8-11,15,18-21,29H,4-7,12-14H2,1-3H3,(H,26,30)(H,27,31)/t15?,18-,19+,20+,21?,25?/m1/s1. The van der Waals surface area contributed by atoms with Gasteiger partial charge in [0.2, 0.25) is 17.7 Å². The van der Waals surface area contributed by atoms with Gasteiger partial charge < -0.3 is 25.4 Å². The van der Waals surface area contributed by atoms with E-state index in [1.54, 1.807) is 55.1 Å². The van der Waals surface area contributed by atoms with Gasteiger partial charge in [-0.15, -0.1) is 11.8 Å². The maximum Gasteiger partial charge on any atom is 0.248 e. The first-order valence-electron chi connectivity index (χ1n) is 12.1. The summed E-state index contributed by atoms with van der Waals surface area (Å²) < 4.78 is 4.60. The van der Waals surface area contributed by atoms with Gasteiger partial charge in [-0.2, -0.15) is 0 Å². The molecule has 0 aromatic heterocycles. The number of carbonyl (C=O) groups is 3. The number of nitrogens with one attached hydrogen (secondary N) is 2. The molecule has 1 aromatic carbocycles. The van der Waals surface area contributed by atoms with Crippen LogP contribution in [0.4, 0.5) is 5.69 Å². The SMILES string of the molecule is CNC(=O)[C@@H]1[C@H]2C(=O)N(CCCCCCO)C(C(=O)Nc3ccc(OC)cc3)C23S[C@@H]1CC3C. The van der Waals surface area contributed by atoms with Gasteiger partial charge in [-0.05, 0) is 49.4 Å². The molecule has 2 bridgehead atoms. The Kier molecular flexibility index (Phi) is 7.42. The largest absolute Gasteiger partial charge is 0.497 e. The number of benzene rings is 1. The van der Waals surface area contributed by atoms with Crippen molar-refractivity contribution in [1.29, 1.82) is 0 Å². The fraction of sp³-hybridized carbons (Fsp3) is 0.640. The van der Waals surface area contributed by atoms with Crippen molar-refractivity contribution >= 4 is 35.2 Å². The van der Waals surface area contributed by atoms with Gasteiger partial charge in [0, 0.05) is 31.1 Å². The quantitative estimate of drug-likeness (QED) is 0.435. The van der Waals surface area contributed by atoms with Gasteiger partial charge in [-0.3, -0.25) is 14.4 Å². The number of anilines is 1. The van der Waals surface area contributed by atoms with E-state index in [9.17, 15) is 14.4 Å². The first-order valence-corrected chi connectivity index (χ1v) is 13.0. The lowest BCUT2D eigenvalue weighted by Gasteiger charge is -2.38. The lowest BCUT2D eigenvalue weighted by atomic mass is 9.66. The van der Waals surface area contributed by atoms with E-state index in [1.807, 2.05) is 0 Å². The van der Waals surface area contributed by atoms with Crippen molar-refractivity contribution in [1.82, 2.24) is 10.2 Å². The molecule has 6 atom stereocenters. The number of unbranched alkanes of at least 4 members (excludes halogenated alkanes) is 3. The lowest BCUT2D eigenvalue weighted by molar-refractivity contribution is -0.139. The minimum Gasteiger partial charge on any atom is -0.497 e. The van der Waals surface area contributed by atoms with Crippen molar-refractivity contribution in [2.24, 2.45) is 17.8 Å². The van der Waals surface area contributed by atoms with Crippen molar-refractivity contribution in [3.8, 4) is 5.75 Å². The highest BCUT2D eigenvalue weighted by atomic mass is 32.2. The van der Waals surface area contributed by atoms with Crippen LogP contribution in [0.5, 0.6) is 5.75 Å². The minimum atomic E-state index is -0.635. The number of likely N-dealkylation sites (tertiary alicyclic amines) is 1. The van der Waals surface area contributed by atoms with Crippen LogP contribution in [0.1, 0.15) is 39.0 Å². The zero-order valence-electron chi connectivity index (χ0n) is 20.1. The number of amides is 3. The maximum absolute atomic E-state index is 13.8. The molecule has 1 aromatic rings. The summed E-state index contributed by atoms with van der Waals surface area (Å²) >= 11 is 1.68. The summed E-state index contributed by atoms with van der Waals surface area (Å²) in [4.78, 5) is 42.2.